The lowest BCUT2D eigenvalue weighted by molar-refractivity contribution is -0.135. The zero-order valence-electron chi connectivity index (χ0n) is 12.8. The van der Waals surface area contributed by atoms with E-state index in [1.54, 1.807) is 35.1 Å². The molecule has 0 spiro atoms. The minimum atomic E-state index is -0.442. The lowest BCUT2D eigenvalue weighted by atomic mass is 10.2. The number of thioether (sulfide) groups is 1. The highest BCUT2D eigenvalue weighted by Crippen LogP contribution is 2.23. The maximum atomic E-state index is 12.5. The standard InChI is InChI=1S/C17H18N2O3S/c1-12-4-2-5-13(8-12)18-17(21)15-10-23-11-19(15)16(20)9-14-6-3-7-22-14/h2-8,15H,9-11H2,1H3,(H,18,21)/t15-/m1/s1. The average molecular weight is 330 g/mol. The van der Waals surface area contributed by atoms with Gasteiger partial charge in [0.1, 0.15) is 11.8 Å². The van der Waals surface area contributed by atoms with E-state index >= 15 is 0 Å². The van der Waals surface area contributed by atoms with E-state index in [0.29, 0.717) is 17.4 Å². The second-order valence-corrected chi connectivity index (χ2v) is 6.49. The Morgan fingerprint density at radius 1 is 1.35 bits per heavy atom. The SMILES string of the molecule is Cc1cccc(NC(=O)[C@H]2CSCN2C(=O)Cc2ccco2)c1. The van der Waals surface area contributed by atoms with Crippen molar-refractivity contribution in [2.75, 3.05) is 16.9 Å². The fourth-order valence-corrected chi connectivity index (χ4v) is 3.70. The van der Waals surface area contributed by atoms with Crippen LogP contribution in [-0.4, -0.2) is 34.4 Å². The van der Waals surface area contributed by atoms with E-state index in [-0.39, 0.29) is 18.2 Å². The molecular weight excluding hydrogens is 312 g/mol. The highest BCUT2D eigenvalue weighted by Gasteiger charge is 2.34. The van der Waals surface area contributed by atoms with E-state index in [0.717, 1.165) is 11.3 Å². The van der Waals surface area contributed by atoms with Gasteiger partial charge in [0.25, 0.3) is 0 Å². The number of anilines is 1. The molecule has 1 aliphatic heterocycles. The minimum Gasteiger partial charge on any atom is -0.469 e. The Balaban J connectivity index is 1.66. The number of aryl methyl sites for hydroxylation is 1. The Morgan fingerprint density at radius 3 is 2.96 bits per heavy atom. The molecule has 2 aromatic rings. The molecule has 1 aromatic heterocycles. The largest absolute Gasteiger partial charge is 0.469 e. The summed E-state index contributed by atoms with van der Waals surface area (Å²) in [6.07, 6.45) is 1.73. The Morgan fingerprint density at radius 2 is 2.22 bits per heavy atom. The smallest absolute Gasteiger partial charge is 0.248 e. The number of furan rings is 1. The second-order valence-electron chi connectivity index (χ2n) is 5.49. The van der Waals surface area contributed by atoms with Crippen LogP contribution < -0.4 is 5.32 Å². The van der Waals surface area contributed by atoms with Crippen LogP contribution in [0.5, 0.6) is 0 Å². The molecule has 1 atom stereocenters. The molecule has 23 heavy (non-hydrogen) atoms. The third-order valence-electron chi connectivity index (χ3n) is 3.70. The first-order valence-electron chi connectivity index (χ1n) is 7.40. The number of nitrogens with zero attached hydrogens (tertiary/aromatic N) is 1. The molecule has 2 heterocycles. The molecule has 120 valence electrons. The van der Waals surface area contributed by atoms with Gasteiger partial charge in [-0.05, 0) is 36.8 Å². The summed E-state index contributed by atoms with van der Waals surface area (Å²) >= 11 is 1.59. The molecule has 6 heteroatoms. The van der Waals surface area contributed by atoms with Crippen LogP contribution in [0.25, 0.3) is 0 Å². The monoisotopic (exact) mass is 330 g/mol. The summed E-state index contributed by atoms with van der Waals surface area (Å²) in [5.41, 5.74) is 1.83. The van der Waals surface area contributed by atoms with Crippen LogP contribution in [-0.2, 0) is 16.0 Å². The predicted octanol–water partition coefficient (Wildman–Crippen LogP) is 2.67. The normalized spacial score (nSPS) is 17.3. The van der Waals surface area contributed by atoms with Crippen molar-refractivity contribution in [3.05, 3.63) is 54.0 Å². The topological polar surface area (TPSA) is 62.6 Å². The van der Waals surface area contributed by atoms with Gasteiger partial charge < -0.3 is 14.6 Å². The first-order chi connectivity index (χ1) is 11.1. The van der Waals surface area contributed by atoms with Crippen molar-refractivity contribution in [1.82, 2.24) is 4.90 Å². The fourth-order valence-electron chi connectivity index (χ4n) is 2.52. The summed E-state index contributed by atoms with van der Waals surface area (Å²) in [4.78, 5) is 26.5. The van der Waals surface area contributed by atoms with Crippen LogP contribution in [0.2, 0.25) is 0 Å². The Kier molecular flexibility index (Phi) is 4.71. The minimum absolute atomic E-state index is 0.0886. The van der Waals surface area contributed by atoms with Crippen molar-refractivity contribution in [1.29, 1.82) is 0 Å². The molecule has 5 nitrogen and oxygen atoms in total. The Labute approximate surface area is 139 Å². The van der Waals surface area contributed by atoms with E-state index in [1.165, 1.54) is 0 Å². The van der Waals surface area contributed by atoms with E-state index in [4.69, 9.17) is 4.42 Å². The summed E-state index contributed by atoms with van der Waals surface area (Å²) in [5, 5.41) is 2.90. The molecule has 1 N–H and O–H groups in total. The summed E-state index contributed by atoms with van der Waals surface area (Å²) in [6.45, 7) is 1.97. The van der Waals surface area contributed by atoms with Gasteiger partial charge in [-0.15, -0.1) is 11.8 Å². The van der Waals surface area contributed by atoms with Gasteiger partial charge in [-0.25, -0.2) is 0 Å². The summed E-state index contributed by atoms with van der Waals surface area (Å²) in [7, 11) is 0. The van der Waals surface area contributed by atoms with E-state index in [1.807, 2.05) is 31.2 Å². The van der Waals surface area contributed by atoms with Gasteiger partial charge in [0, 0.05) is 11.4 Å². The van der Waals surface area contributed by atoms with Crippen molar-refractivity contribution >= 4 is 29.3 Å². The quantitative estimate of drug-likeness (QED) is 0.936. The van der Waals surface area contributed by atoms with Crippen molar-refractivity contribution in [2.45, 2.75) is 19.4 Å². The van der Waals surface area contributed by atoms with Crippen molar-refractivity contribution < 1.29 is 14.0 Å². The summed E-state index contributed by atoms with van der Waals surface area (Å²) < 4.78 is 5.21. The van der Waals surface area contributed by atoms with Gasteiger partial charge in [-0.1, -0.05) is 12.1 Å². The molecule has 0 saturated carbocycles. The van der Waals surface area contributed by atoms with Gasteiger partial charge >= 0.3 is 0 Å². The maximum Gasteiger partial charge on any atom is 0.248 e. The number of hydrogen-bond acceptors (Lipinski definition) is 4. The van der Waals surface area contributed by atoms with Crippen molar-refractivity contribution in [2.24, 2.45) is 0 Å². The van der Waals surface area contributed by atoms with Gasteiger partial charge in [-0.2, -0.15) is 0 Å². The van der Waals surface area contributed by atoms with Crippen LogP contribution in [0.3, 0.4) is 0 Å². The van der Waals surface area contributed by atoms with Crippen molar-refractivity contribution in [3.63, 3.8) is 0 Å². The number of carbonyl (C=O) groups is 2. The first-order valence-corrected chi connectivity index (χ1v) is 8.56. The number of amides is 2. The highest BCUT2D eigenvalue weighted by molar-refractivity contribution is 7.99. The van der Waals surface area contributed by atoms with Crippen LogP contribution in [0, 0.1) is 6.92 Å². The van der Waals surface area contributed by atoms with Gasteiger partial charge in [0.15, 0.2) is 0 Å². The molecular formula is C17H18N2O3S. The third kappa shape index (κ3) is 3.76. The lowest BCUT2D eigenvalue weighted by Gasteiger charge is -2.22. The molecule has 0 bridgehead atoms. The second kappa shape index (κ2) is 6.91. The van der Waals surface area contributed by atoms with Crippen LogP contribution in [0.1, 0.15) is 11.3 Å². The first kappa shape index (κ1) is 15.7. The molecule has 0 aliphatic carbocycles. The van der Waals surface area contributed by atoms with E-state index in [2.05, 4.69) is 5.32 Å². The third-order valence-corrected chi connectivity index (χ3v) is 4.71. The molecule has 1 aliphatic rings. The molecule has 0 radical (unpaired) electrons. The number of benzene rings is 1. The number of nitrogens with one attached hydrogen (secondary N) is 1. The molecule has 1 aromatic carbocycles. The zero-order valence-corrected chi connectivity index (χ0v) is 13.6. The van der Waals surface area contributed by atoms with Gasteiger partial charge in [-0.3, -0.25) is 9.59 Å². The van der Waals surface area contributed by atoms with Gasteiger partial charge in [0.05, 0.1) is 18.6 Å². The molecule has 0 unspecified atom stereocenters. The Hall–Kier alpha value is -2.21. The number of carbonyl (C=O) groups excluding carboxylic acids is 2. The van der Waals surface area contributed by atoms with E-state index < -0.39 is 6.04 Å². The molecule has 1 saturated heterocycles. The van der Waals surface area contributed by atoms with Crippen LogP contribution in [0.4, 0.5) is 5.69 Å². The highest BCUT2D eigenvalue weighted by atomic mass is 32.2. The predicted molar refractivity (Wildman–Crippen MR) is 90.2 cm³/mol. The molecule has 2 amide bonds. The molecule has 3 rings (SSSR count). The van der Waals surface area contributed by atoms with Crippen LogP contribution >= 0.6 is 11.8 Å². The zero-order chi connectivity index (χ0) is 16.2. The maximum absolute atomic E-state index is 12.5. The van der Waals surface area contributed by atoms with E-state index in [9.17, 15) is 9.59 Å². The Bertz CT molecular complexity index is 700. The van der Waals surface area contributed by atoms with Gasteiger partial charge in [0.2, 0.25) is 11.8 Å². The lowest BCUT2D eigenvalue weighted by Crippen LogP contribution is -2.45. The van der Waals surface area contributed by atoms with Crippen molar-refractivity contribution in [3.8, 4) is 0 Å². The van der Waals surface area contributed by atoms with Crippen LogP contribution in [0.15, 0.2) is 47.1 Å². The fraction of sp³-hybridized carbons (Fsp3) is 0.294. The number of rotatable bonds is 4. The molecule has 1 fully saturated rings. The average Bonchev–Trinajstić information content (AvgIpc) is 3.18. The number of hydrogen-bond donors (Lipinski definition) is 1. The summed E-state index contributed by atoms with van der Waals surface area (Å²) in [6, 6.07) is 10.7. The summed E-state index contributed by atoms with van der Waals surface area (Å²) in [5.74, 6) is 1.53.